The number of nitrogens with one attached hydrogen (secondary N) is 2. The zero-order chi connectivity index (χ0) is 20.4. The number of carboxylic acid groups (broad SMARTS) is 1. The summed E-state index contributed by atoms with van der Waals surface area (Å²) >= 11 is 0. The Bertz CT molecular complexity index is 691. The third kappa shape index (κ3) is 6.94. The number of amides is 2. The van der Waals surface area contributed by atoms with Gasteiger partial charge < -0.3 is 25.2 Å². The van der Waals surface area contributed by atoms with Crippen molar-refractivity contribution >= 4 is 18.2 Å². The second-order valence-electron chi connectivity index (χ2n) is 6.54. The summed E-state index contributed by atoms with van der Waals surface area (Å²) in [6.45, 7) is 2.40. The first-order chi connectivity index (χ1) is 13.5. The van der Waals surface area contributed by atoms with Crippen LogP contribution in [0.15, 0.2) is 42.5 Å². The maximum absolute atomic E-state index is 12.0. The fraction of sp³-hybridized carbons (Fsp3) is 0.450. The Hall–Kier alpha value is -3.03. The van der Waals surface area contributed by atoms with Gasteiger partial charge in [-0.2, -0.15) is 0 Å². The van der Waals surface area contributed by atoms with Gasteiger partial charge in [-0.25, -0.2) is 9.59 Å². The highest BCUT2D eigenvalue weighted by molar-refractivity contribution is 5.75. The summed E-state index contributed by atoms with van der Waals surface area (Å²) in [6, 6.07) is 7.97. The lowest BCUT2D eigenvalue weighted by Crippen LogP contribution is -2.48. The van der Waals surface area contributed by atoms with Crippen LogP contribution in [0.3, 0.4) is 0 Å². The normalized spacial score (nSPS) is 20.8. The number of alkyl carbamates (subject to hydrolysis) is 2. The number of unbranched alkanes of at least 4 members (excludes halogenated alkanes) is 1. The molecule has 1 aromatic carbocycles. The Labute approximate surface area is 163 Å². The van der Waals surface area contributed by atoms with Gasteiger partial charge in [-0.15, -0.1) is 0 Å². The molecule has 2 rings (SSSR count). The average Bonchev–Trinajstić information content (AvgIpc) is 2.68. The van der Waals surface area contributed by atoms with Crippen molar-refractivity contribution in [2.24, 2.45) is 5.92 Å². The van der Waals surface area contributed by atoms with E-state index >= 15 is 0 Å². The average molecular weight is 390 g/mol. The number of benzene rings is 1. The molecular weight excluding hydrogens is 364 g/mol. The van der Waals surface area contributed by atoms with Crippen molar-refractivity contribution < 1.29 is 29.0 Å². The number of hydrogen-bond donors (Lipinski definition) is 3. The first-order valence-electron chi connectivity index (χ1n) is 9.31. The lowest BCUT2D eigenvalue weighted by atomic mass is 9.87. The van der Waals surface area contributed by atoms with Crippen molar-refractivity contribution in [1.82, 2.24) is 10.6 Å². The van der Waals surface area contributed by atoms with Gasteiger partial charge in [0, 0.05) is 0 Å². The van der Waals surface area contributed by atoms with E-state index in [1.54, 1.807) is 12.2 Å². The zero-order valence-corrected chi connectivity index (χ0v) is 15.8. The number of hydrogen-bond acceptors (Lipinski definition) is 5. The van der Waals surface area contributed by atoms with Crippen molar-refractivity contribution in [3.8, 4) is 0 Å². The molecule has 0 aliphatic heterocycles. The van der Waals surface area contributed by atoms with E-state index in [0.717, 1.165) is 18.4 Å². The van der Waals surface area contributed by atoms with E-state index in [9.17, 15) is 19.5 Å². The summed E-state index contributed by atoms with van der Waals surface area (Å²) in [5, 5.41) is 14.7. The van der Waals surface area contributed by atoms with Crippen LogP contribution in [0.25, 0.3) is 0 Å². The molecule has 0 heterocycles. The Morgan fingerprint density at radius 2 is 1.79 bits per heavy atom. The van der Waals surface area contributed by atoms with Crippen molar-refractivity contribution in [3.05, 3.63) is 48.0 Å². The van der Waals surface area contributed by atoms with Crippen molar-refractivity contribution in [1.29, 1.82) is 0 Å². The summed E-state index contributed by atoms with van der Waals surface area (Å²) < 4.78 is 10.2. The van der Waals surface area contributed by atoms with E-state index in [1.165, 1.54) is 0 Å². The van der Waals surface area contributed by atoms with Crippen LogP contribution < -0.4 is 10.6 Å². The zero-order valence-electron chi connectivity index (χ0n) is 15.8. The Morgan fingerprint density at radius 1 is 1.07 bits per heavy atom. The van der Waals surface area contributed by atoms with E-state index < -0.39 is 36.2 Å². The summed E-state index contributed by atoms with van der Waals surface area (Å²) in [4.78, 5) is 35.3. The third-order valence-electron chi connectivity index (χ3n) is 4.34. The van der Waals surface area contributed by atoms with Gasteiger partial charge in [0.05, 0.1) is 24.6 Å². The topological polar surface area (TPSA) is 114 Å². The molecule has 152 valence electrons. The third-order valence-corrected chi connectivity index (χ3v) is 4.34. The standard InChI is InChI=1S/C20H26N2O6/c1-2-3-11-27-19(25)21-15-9-10-17(16(12-15)18(23)24)22-20(26)28-13-14-7-5-4-6-8-14/h4-10,15-17H,2-3,11-13H2,1H3,(H,21,25)(H,22,26)(H,23,24). The van der Waals surface area contributed by atoms with Gasteiger partial charge in [-0.3, -0.25) is 4.79 Å². The van der Waals surface area contributed by atoms with Gasteiger partial charge in [0.2, 0.25) is 0 Å². The van der Waals surface area contributed by atoms with Gasteiger partial charge in [0.1, 0.15) is 6.61 Å². The molecule has 1 aromatic rings. The summed E-state index contributed by atoms with van der Waals surface area (Å²) in [6.07, 6.45) is 3.74. The molecule has 1 aliphatic carbocycles. The lowest BCUT2D eigenvalue weighted by molar-refractivity contribution is -0.142. The van der Waals surface area contributed by atoms with Crippen LogP contribution in [-0.4, -0.2) is 42.0 Å². The number of carbonyl (C=O) groups is 3. The second-order valence-corrected chi connectivity index (χ2v) is 6.54. The molecule has 0 radical (unpaired) electrons. The predicted octanol–water partition coefficient (Wildman–Crippen LogP) is 2.84. The van der Waals surface area contributed by atoms with Gasteiger partial charge in [-0.1, -0.05) is 55.8 Å². The largest absolute Gasteiger partial charge is 0.481 e. The maximum atomic E-state index is 12.0. The fourth-order valence-corrected chi connectivity index (χ4v) is 2.80. The minimum absolute atomic E-state index is 0.0919. The molecule has 0 saturated carbocycles. The summed E-state index contributed by atoms with van der Waals surface area (Å²) in [5.74, 6) is -1.96. The number of ether oxygens (including phenoxy) is 2. The first-order valence-corrected chi connectivity index (χ1v) is 9.31. The van der Waals surface area contributed by atoms with Crippen molar-refractivity contribution in [3.63, 3.8) is 0 Å². The number of aliphatic carboxylic acids is 1. The molecule has 8 nitrogen and oxygen atoms in total. The van der Waals surface area contributed by atoms with Crippen LogP contribution in [0.5, 0.6) is 0 Å². The Balaban J connectivity index is 1.86. The second kappa shape index (κ2) is 11.0. The summed E-state index contributed by atoms with van der Waals surface area (Å²) in [5.41, 5.74) is 0.831. The molecule has 0 fully saturated rings. The first kappa shape index (κ1) is 21.3. The van der Waals surface area contributed by atoms with Crippen LogP contribution in [0.1, 0.15) is 31.7 Å². The molecule has 0 saturated heterocycles. The smallest absolute Gasteiger partial charge is 0.407 e. The number of rotatable bonds is 8. The van der Waals surface area contributed by atoms with Gasteiger partial charge in [-0.05, 0) is 18.4 Å². The fourth-order valence-electron chi connectivity index (χ4n) is 2.80. The minimum atomic E-state index is -1.07. The van der Waals surface area contributed by atoms with Crippen LogP contribution in [-0.2, 0) is 20.9 Å². The molecule has 0 bridgehead atoms. The van der Waals surface area contributed by atoms with Crippen molar-refractivity contribution in [2.75, 3.05) is 6.61 Å². The SMILES string of the molecule is CCCCOC(=O)NC1C=CC(NC(=O)OCc2ccccc2)C(C(=O)O)C1. The van der Waals surface area contributed by atoms with Crippen LogP contribution >= 0.6 is 0 Å². The Kier molecular flexibility index (Phi) is 8.33. The molecule has 0 aromatic heterocycles. The molecule has 28 heavy (non-hydrogen) atoms. The maximum Gasteiger partial charge on any atom is 0.407 e. The highest BCUT2D eigenvalue weighted by Gasteiger charge is 2.34. The Morgan fingerprint density at radius 3 is 2.46 bits per heavy atom. The van der Waals surface area contributed by atoms with E-state index in [4.69, 9.17) is 9.47 Å². The van der Waals surface area contributed by atoms with E-state index in [0.29, 0.717) is 6.61 Å². The monoisotopic (exact) mass is 390 g/mol. The summed E-state index contributed by atoms with van der Waals surface area (Å²) in [7, 11) is 0. The lowest BCUT2D eigenvalue weighted by Gasteiger charge is -2.29. The molecule has 0 spiro atoms. The molecule has 1 aliphatic rings. The van der Waals surface area contributed by atoms with Gasteiger partial charge in [0.15, 0.2) is 0 Å². The van der Waals surface area contributed by atoms with E-state index in [2.05, 4.69) is 10.6 Å². The molecule has 2 amide bonds. The predicted molar refractivity (Wildman–Crippen MR) is 102 cm³/mol. The van der Waals surface area contributed by atoms with Gasteiger partial charge in [0.25, 0.3) is 0 Å². The van der Waals surface area contributed by atoms with E-state index in [1.807, 2.05) is 37.3 Å². The number of carboxylic acids is 1. The molecule has 3 unspecified atom stereocenters. The highest BCUT2D eigenvalue weighted by Crippen LogP contribution is 2.20. The van der Waals surface area contributed by atoms with Crippen LogP contribution in [0, 0.1) is 5.92 Å². The van der Waals surface area contributed by atoms with Crippen LogP contribution in [0.2, 0.25) is 0 Å². The van der Waals surface area contributed by atoms with Crippen molar-refractivity contribution in [2.45, 2.75) is 44.9 Å². The minimum Gasteiger partial charge on any atom is -0.481 e. The molecule has 8 heteroatoms. The molecular formula is C20H26N2O6. The molecule has 3 atom stereocenters. The van der Waals surface area contributed by atoms with Gasteiger partial charge >= 0.3 is 18.2 Å². The van der Waals surface area contributed by atoms with E-state index in [-0.39, 0.29) is 13.0 Å². The quantitative estimate of drug-likeness (QED) is 0.465. The highest BCUT2D eigenvalue weighted by atomic mass is 16.6. The molecule has 3 N–H and O–H groups in total. The van der Waals surface area contributed by atoms with Crippen LogP contribution in [0.4, 0.5) is 9.59 Å². The number of carbonyl (C=O) groups excluding carboxylic acids is 2.